The van der Waals surface area contributed by atoms with Crippen molar-refractivity contribution in [2.45, 2.75) is 13.5 Å². The molecule has 2 rings (SSSR count). The van der Waals surface area contributed by atoms with Gasteiger partial charge in [0.15, 0.2) is 5.76 Å². The normalized spacial score (nSPS) is 11.4. The molecule has 0 aromatic carbocycles. The van der Waals surface area contributed by atoms with Crippen LogP contribution in [0.1, 0.15) is 12.7 Å². The van der Waals surface area contributed by atoms with E-state index in [0.29, 0.717) is 17.4 Å². The molecule has 2 heterocycles. The minimum absolute atomic E-state index is 0.186. The Balaban J connectivity index is 1.89. The first kappa shape index (κ1) is 12.8. The molecule has 2 aromatic heterocycles. The number of aromatic nitrogens is 3. The third kappa shape index (κ3) is 3.67. The number of nitrogens with zero attached hydrogens (tertiary/aromatic N) is 2. The molecule has 19 heavy (non-hydrogen) atoms. The fourth-order valence-corrected chi connectivity index (χ4v) is 1.37. The van der Waals surface area contributed by atoms with Gasteiger partial charge in [-0.05, 0) is 19.1 Å². The van der Waals surface area contributed by atoms with E-state index in [4.69, 9.17) is 4.42 Å². The number of furan rings is 1. The van der Waals surface area contributed by atoms with E-state index in [9.17, 15) is 4.79 Å². The molecule has 0 atom stereocenters. The van der Waals surface area contributed by atoms with Crippen molar-refractivity contribution < 1.29 is 9.21 Å². The van der Waals surface area contributed by atoms with Crippen molar-refractivity contribution in [3.63, 3.8) is 0 Å². The van der Waals surface area contributed by atoms with Crippen molar-refractivity contribution in [2.75, 3.05) is 0 Å². The number of carbonyl (C=O) groups is 1. The summed E-state index contributed by atoms with van der Waals surface area (Å²) in [6, 6.07) is 3.53. The van der Waals surface area contributed by atoms with Crippen LogP contribution in [0.4, 0.5) is 0 Å². The maximum absolute atomic E-state index is 11.4. The van der Waals surface area contributed by atoms with Crippen LogP contribution < -0.4 is 5.32 Å². The number of aromatic amines is 1. The Morgan fingerprint density at radius 3 is 3.16 bits per heavy atom. The summed E-state index contributed by atoms with van der Waals surface area (Å²) in [7, 11) is 0. The average Bonchev–Trinajstić information content (AvgIpc) is 3.07. The van der Waals surface area contributed by atoms with Crippen LogP contribution in [0.3, 0.4) is 0 Å². The molecule has 0 aliphatic rings. The fraction of sp³-hybridized carbons (Fsp3) is 0.154. The van der Waals surface area contributed by atoms with Crippen LogP contribution in [0.2, 0.25) is 0 Å². The quantitative estimate of drug-likeness (QED) is 0.633. The number of carbonyl (C=O) groups excluding carboxylic acids is 1. The van der Waals surface area contributed by atoms with E-state index in [2.05, 4.69) is 20.5 Å². The van der Waals surface area contributed by atoms with Crippen molar-refractivity contribution in [1.29, 1.82) is 0 Å². The van der Waals surface area contributed by atoms with Gasteiger partial charge in [0, 0.05) is 6.08 Å². The summed E-state index contributed by atoms with van der Waals surface area (Å²) in [5, 5.41) is 9.44. The van der Waals surface area contributed by atoms with Gasteiger partial charge < -0.3 is 9.73 Å². The van der Waals surface area contributed by atoms with Crippen LogP contribution in [0.25, 0.3) is 11.6 Å². The van der Waals surface area contributed by atoms with Gasteiger partial charge in [-0.3, -0.25) is 9.89 Å². The number of hydrogen-bond donors (Lipinski definition) is 2. The van der Waals surface area contributed by atoms with Crippen LogP contribution in [0.5, 0.6) is 0 Å². The van der Waals surface area contributed by atoms with Crippen LogP contribution in [-0.2, 0) is 11.3 Å². The summed E-state index contributed by atoms with van der Waals surface area (Å²) in [6.45, 7) is 2.17. The first-order valence-corrected chi connectivity index (χ1v) is 5.82. The first-order chi connectivity index (χ1) is 9.29. The van der Waals surface area contributed by atoms with Gasteiger partial charge in [-0.25, -0.2) is 4.98 Å². The Morgan fingerprint density at radius 1 is 1.53 bits per heavy atom. The third-order valence-corrected chi connectivity index (χ3v) is 2.25. The lowest BCUT2D eigenvalue weighted by atomic mass is 10.4. The predicted molar refractivity (Wildman–Crippen MR) is 69.9 cm³/mol. The Hall–Kier alpha value is -2.63. The Bertz CT molecular complexity index is 582. The van der Waals surface area contributed by atoms with Gasteiger partial charge in [-0.2, -0.15) is 0 Å². The number of nitrogens with one attached hydrogen (secondary N) is 2. The highest BCUT2D eigenvalue weighted by atomic mass is 16.3. The molecule has 6 nitrogen and oxygen atoms in total. The maximum Gasteiger partial charge on any atom is 0.244 e. The molecule has 0 radical (unpaired) electrons. The summed E-state index contributed by atoms with van der Waals surface area (Å²) in [4.78, 5) is 15.6. The van der Waals surface area contributed by atoms with Gasteiger partial charge in [-0.15, -0.1) is 5.10 Å². The van der Waals surface area contributed by atoms with Crippen molar-refractivity contribution in [1.82, 2.24) is 20.5 Å². The Labute approximate surface area is 110 Å². The van der Waals surface area contributed by atoms with Gasteiger partial charge in [0.25, 0.3) is 0 Å². The van der Waals surface area contributed by atoms with E-state index >= 15 is 0 Å². The average molecular weight is 258 g/mol. The SMILES string of the molecule is C/C=C/C=C/C(=O)NCc1nc(-c2ccco2)n[nH]1. The van der Waals surface area contributed by atoms with Crippen LogP contribution in [0.15, 0.2) is 47.1 Å². The molecule has 0 saturated carbocycles. The lowest BCUT2D eigenvalue weighted by Gasteiger charge is -1.96. The summed E-state index contributed by atoms with van der Waals surface area (Å²) < 4.78 is 5.17. The maximum atomic E-state index is 11.4. The standard InChI is InChI=1S/C13H14N4O2/c1-2-3-4-7-12(18)14-9-11-15-13(17-16-11)10-6-5-8-19-10/h2-8H,9H2,1H3,(H,14,18)(H,15,16,17)/b3-2+,7-4+. The summed E-state index contributed by atoms with van der Waals surface area (Å²) in [5.74, 6) is 1.44. The number of amides is 1. The van der Waals surface area contributed by atoms with E-state index in [-0.39, 0.29) is 12.5 Å². The highest BCUT2D eigenvalue weighted by Crippen LogP contribution is 2.13. The number of allylic oxidation sites excluding steroid dienone is 3. The van der Waals surface area contributed by atoms with E-state index in [1.54, 1.807) is 30.5 Å². The zero-order valence-corrected chi connectivity index (χ0v) is 10.5. The highest BCUT2D eigenvalue weighted by molar-refractivity contribution is 5.87. The summed E-state index contributed by atoms with van der Waals surface area (Å²) in [6.07, 6.45) is 8.30. The molecular formula is C13H14N4O2. The second-order valence-electron chi connectivity index (χ2n) is 3.69. The predicted octanol–water partition coefficient (Wildman–Crippen LogP) is 1.81. The first-order valence-electron chi connectivity index (χ1n) is 5.82. The summed E-state index contributed by atoms with van der Waals surface area (Å²) in [5.41, 5.74) is 0. The Kier molecular flexibility index (Phi) is 4.28. The molecule has 2 N–H and O–H groups in total. The van der Waals surface area contributed by atoms with E-state index in [0.717, 1.165) is 0 Å². The van der Waals surface area contributed by atoms with Gasteiger partial charge in [0.1, 0.15) is 5.82 Å². The molecule has 0 aliphatic heterocycles. The molecule has 0 saturated heterocycles. The molecule has 0 spiro atoms. The van der Waals surface area contributed by atoms with Gasteiger partial charge in [0.05, 0.1) is 12.8 Å². The molecule has 0 unspecified atom stereocenters. The highest BCUT2D eigenvalue weighted by Gasteiger charge is 2.08. The Morgan fingerprint density at radius 2 is 2.42 bits per heavy atom. The molecule has 0 fully saturated rings. The minimum atomic E-state index is -0.186. The molecule has 0 bridgehead atoms. The number of H-pyrrole nitrogens is 1. The molecule has 0 aliphatic carbocycles. The third-order valence-electron chi connectivity index (χ3n) is 2.25. The van der Waals surface area contributed by atoms with E-state index in [1.165, 1.54) is 6.08 Å². The van der Waals surface area contributed by atoms with Crippen molar-refractivity contribution in [3.8, 4) is 11.6 Å². The van der Waals surface area contributed by atoms with Crippen molar-refractivity contribution in [2.24, 2.45) is 0 Å². The van der Waals surface area contributed by atoms with E-state index < -0.39 is 0 Å². The minimum Gasteiger partial charge on any atom is -0.461 e. The molecule has 2 aromatic rings. The molecule has 6 heteroatoms. The number of rotatable bonds is 5. The second-order valence-corrected chi connectivity index (χ2v) is 3.69. The van der Waals surface area contributed by atoms with Gasteiger partial charge >= 0.3 is 0 Å². The van der Waals surface area contributed by atoms with E-state index in [1.807, 2.05) is 13.0 Å². The smallest absolute Gasteiger partial charge is 0.244 e. The lowest BCUT2D eigenvalue weighted by Crippen LogP contribution is -2.20. The second kappa shape index (κ2) is 6.34. The lowest BCUT2D eigenvalue weighted by molar-refractivity contribution is -0.116. The zero-order chi connectivity index (χ0) is 13.5. The monoisotopic (exact) mass is 258 g/mol. The molecule has 98 valence electrons. The van der Waals surface area contributed by atoms with Gasteiger partial charge in [0.2, 0.25) is 11.7 Å². The van der Waals surface area contributed by atoms with Crippen molar-refractivity contribution >= 4 is 5.91 Å². The molecular weight excluding hydrogens is 244 g/mol. The van der Waals surface area contributed by atoms with Gasteiger partial charge in [-0.1, -0.05) is 18.2 Å². The topological polar surface area (TPSA) is 83.8 Å². The fourth-order valence-electron chi connectivity index (χ4n) is 1.37. The number of hydrogen-bond acceptors (Lipinski definition) is 4. The zero-order valence-electron chi connectivity index (χ0n) is 10.5. The van der Waals surface area contributed by atoms with Crippen molar-refractivity contribution in [3.05, 3.63) is 48.5 Å². The van der Waals surface area contributed by atoms with Crippen LogP contribution in [0, 0.1) is 0 Å². The van der Waals surface area contributed by atoms with Crippen LogP contribution in [-0.4, -0.2) is 21.1 Å². The largest absolute Gasteiger partial charge is 0.461 e. The van der Waals surface area contributed by atoms with Crippen LogP contribution >= 0.6 is 0 Å². The molecule has 1 amide bonds. The summed E-state index contributed by atoms with van der Waals surface area (Å²) >= 11 is 0.